The van der Waals surface area contributed by atoms with Gasteiger partial charge in [-0.1, -0.05) is 18.6 Å². The molecule has 0 aliphatic carbocycles. The normalized spacial score (nSPS) is 14.1. The molecule has 15 heavy (non-hydrogen) atoms. The van der Waals surface area contributed by atoms with Crippen molar-refractivity contribution in [1.29, 1.82) is 0 Å². The van der Waals surface area contributed by atoms with Gasteiger partial charge in [0.1, 0.15) is 0 Å². The van der Waals surface area contributed by atoms with Gasteiger partial charge in [-0.2, -0.15) is 13.2 Å². The van der Waals surface area contributed by atoms with Crippen LogP contribution in [0.5, 0.6) is 0 Å². The molecule has 86 valence electrons. The smallest absolute Gasteiger partial charge is 0.381 e. The Morgan fingerprint density at radius 3 is 2.60 bits per heavy atom. The standard InChI is InChI=1S/C8H13F3N4/c1-2-6(3-8(9,10)11)4-15-5-7(12)13-14-15/h5-6H,2-4,12H2,1H3. The molecule has 0 fully saturated rings. The second-order valence-electron chi connectivity index (χ2n) is 3.46. The van der Waals surface area contributed by atoms with Crippen LogP contribution in [-0.2, 0) is 6.54 Å². The van der Waals surface area contributed by atoms with Crippen LogP contribution < -0.4 is 5.73 Å². The Kier molecular flexibility index (Phi) is 3.54. The minimum absolute atomic E-state index is 0.195. The third-order valence-electron chi connectivity index (χ3n) is 2.10. The zero-order valence-electron chi connectivity index (χ0n) is 8.33. The molecule has 1 rings (SSSR count). The van der Waals surface area contributed by atoms with Crippen molar-refractivity contribution in [2.75, 3.05) is 5.73 Å². The number of anilines is 1. The number of hydrogen-bond acceptors (Lipinski definition) is 3. The molecular weight excluding hydrogens is 209 g/mol. The minimum atomic E-state index is -4.13. The lowest BCUT2D eigenvalue weighted by Gasteiger charge is -2.16. The molecule has 0 spiro atoms. The predicted octanol–water partition coefficient (Wildman–Crippen LogP) is 1.84. The highest BCUT2D eigenvalue weighted by Gasteiger charge is 2.31. The summed E-state index contributed by atoms with van der Waals surface area (Å²) in [5.74, 6) is -0.261. The van der Waals surface area contributed by atoms with Gasteiger partial charge in [0.05, 0.1) is 6.20 Å². The molecule has 1 atom stereocenters. The SMILES string of the molecule is CCC(Cn1cc(N)nn1)CC(F)(F)F. The van der Waals surface area contributed by atoms with Crippen molar-refractivity contribution in [3.8, 4) is 0 Å². The summed E-state index contributed by atoms with van der Waals surface area (Å²) in [6.07, 6.45) is -3.06. The third-order valence-corrected chi connectivity index (χ3v) is 2.10. The molecule has 0 aliphatic rings. The molecule has 0 saturated heterocycles. The number of rotatable bonds is 4. The maximum Gasteiger partial charge on any atom is 0.389 e. The summed E-state index contributed by atoms with van der Waals surface area (Å²) >= 11 is 0. The minimum Gasteiger partial charge on any atom is -0.381 e. The number of hydrogen-bond donors (Lipinski definition) is 1. The second kappa shape index (κ2) is 4.50. The van der Waals surface area contributed by atoms with E-state index < -0.39 is 18.5 Å². The fourth-order valence-corrected chi connectivity index (χ4v) is 1.33. The Labute approximate surface area is 85.3 Å². The van der Waals surface area contributed by atoms with Crippen LogP contribution in [0.2, 0.25) is 0 Å². The molecule has 0 saturated carbocycles. The summed E-state index contributed by atoms with van der Waals surface area (Å²) in [4.78, 5) is 0. The number of halogens is 3. The van der Waals surface area contributed by atoms with E-state index >= 15 is 0 Å². The number of nitrogen functional groups attached to an aromatic ring is 1. The number of nitrogens with zero attached hydrogens (tertiary/aromatic N) is 3. The molecular formula is C8H13F3N4. The first-order valence-electron chi connectivity index (χ1n) is 4.63. The van der Waals surface area contributed by atoms with Crippen LogP contribution in [0.1, 0.15) is 19.8 Å². The van der Waals surface area contributed by atoms with E-state index in [1.165, 1.54) is 10.9 Å². The van der Waals surface area contributed by atoms with Gasteiger partial charge in [0, 0.05) is 13.0 Å². The Balaban J connectivity index is 2.54. The highest BCUT2D eigenvalue weighted by atomic mass is 19.4. The molecule has 0 aliphatic heterocycles. The third kappa shape index (κ3) is 4.18. The van der Waals surface area contributed by atoms with Crippen molar-refractivity contribution in [3.05, 3.63) is 6.20 Å². The largest absolute Gasteiger partial charge is 0.389 e. The average molecular weight is 222 g/mol. The predicted molar refractivity (Wildman–Crippen MR) is 48.9 cm³/mol. The Bertz CT molecular complexity index is 307. The van der Waals surface area contributed by atoms with Crippen LogP contribution >= 0.6 is 0 Å². The molecule has 7 heteroatoms. The van der Waals surface area contributed by atoms with Gasteiger partial charge in [0.2, 0.25) is 0 Å². The summed E-state index contributed by atoms with van der Waals surface area (Å²) in [5, 5.41) is 7.12. The first kappa shape index (κ1) is 11.8. The first-order chi connectivity index (χ1) is 6.90. The van der Waals surface area contributed by atoms with Gasteiger partial charge >= 0.3 is 6.18 Å². The topological polar surface area (TPSA) is 56.7 Å². The number of aromatic nitrogens is 3. The van der Waals surface area contributed by atoms with Gasteiger partial charge in [-0.3, -0.25) is 4.68 Å². The van der Waals surface area contributed by atoms with E-state index in [9.17, 15) is 13.2 Å². The zero-order valence-corrected chi connectivity index (χ0v) is 8.33. The lowest BCUT2D eigenvalue weighted by molar-refractivity contribution is -0.145. The van der Waals surface area contributed by atoms with Crippen LogP contribution in [0.25, 0.3) is 0 Å². The van der Waals surface area contributed by atoms with Crippen molar-refractivity contribution >= 4 is 5.82 Å². The molecule has 0 aromatic carbocycles. The Morgan fingerprint density at radius 1 is 1.53 bits per heavy atom. The molecule has 0 radical (unpaired) electrons. The molecule has 1 aromatic heterocycles. The Hall–Kier alpha value is -1.27. The zero-order chi connectivity index (χ0) is 11.5. The Morgan fingerprint density at radius 2 is 2.20 bits per heavy atom. The summed E-state index contributed by atoms with van der Waals surface area (Å²) in [5.41, 5.74) is 5.31. The summed E-state index contributed by atoms with van der Waals surface area (Å²) in [6.45, 7) is 1.91. The maximum atomic E-state index is 12.1. The fraction of sp³-hybridized carbons (Fsp3) is 0.750. The average Bonchev–Trinajstić information content (AvgIpc) is 2.47. The van der Waals surface area contributed by atoms with E-state index in [1.54, 1.807) is 6.92 Å². The molecule has 1 heterocycles. The van der Waals surface area contributed by atoms with Gasteiger partial charge in [-0.25, -0.2) is 0 Å². The van der Waals surface area contributed by atoms with Gasteiger partial charge in [0.25, 0.3) is 0 Å². The van der Waals surface area contributed by atoms with Crippen molar-refractivity contribution < 1.29 is 13.2 Å². The van der Waals surface area contributed by atoms with Crippen LogP contribution in [0.15, 0.2) is 6.20 Å². The highest BCUT2D eigenvalue weighted by Crippen LogP contribution is 2.27. The maximum absolute atomic E-state index is 12.1. The molecule has 0 bridgehead atoms. The molecule has 2 N–H and O–H groups in total. The van der Waals surface area contributed by atoms with Crippen molar-refractivity contribution in [2.24, 2.45) is 5.92 Å². The monoisotopic (exact) mass is 222 g/mol. The molecule has 1 unspecified atom stereocenters. The molecule has 1 aromatic rings. The fourth-order valence-electron chi connectivity index (χ4n) is 1.33. The van der Waals surface area contributed by atoms with E-state index in [0.29, 0.717) is 6.42 Å². The summed E-state index contributed by atoms with van der Waals surface area (Å²) < 4.78 is 37.7. The van der Waals surface area contributed by atoms with Gasteiger partial charge < -0.3 is 5.73 Å². The number of alkyl halides is 3. The quantitative estimate of drug-likeness (QED) is 0.845. The van der Waals surface area contributed by atoms with Gasteiger partial charge in [-0.05, 0) is 5.92 Å². The number of nitrogens with two attached hydrogens (primary N) is 1. The van der Waals surface area contributed by atoms with Crippen molar-refractivity contribution in [3.63, 3.8) is 0 Å². The second-order valence-corrected chi connectivity index (χ2v) is 3.46. The lowest BCUT2D eigenvalue weighted by atomic mass is 10.0. The van der Waals surface area contributed by atoms with Crippen LogP contribution in [0.3, 0.4) is 0 Å². The van der Waals surface area contributed by atoms with E-state index in [-0.39, 0.29) is 12.4 Å². The van der Waals surface area contributed by atoms with Crippen LogP contribution in [-0.4, -0.2) is 21.2 Å². The first-order valence-corrected chi connectivity index (χ1v) is 4.63. The van der Waals surface area contributed by atoms with Crippen LogP contribution in [0, 0.1) is 5.92 Å². The summed E-state index contributed by atoms with van der Waals surface area (Å²) in [7, 11) is 0. The van der Waals surface area contributed by atoms with Crippen molar-refractivity contribution in [2.45, 2.75) is 32.5 Å². The molecule has 4 nitrogen and oxygen atoms in total. The summed E-state index contributed by atoms with van der Waals surface area (Å²) in [6, 6.07) is 0. The lowest BCUT2D eigenvalue weighted by Crippen LogP contribution is -2.19. The van der Waals surface area contributed by atoms with Crippen molar-refractivity contribution in [1.82, 2.24) is 15.0 Å². The van der Waals surface area contributed by atoms with Crippen LogP contribution in [0.4, 0.5) is 19.0 Å². The van der Waals surface area contributed by atoms with E-state index in [0.717, 1.165) is 0 Å². The van der Waals surface area contributed by atoms with E-state index in [1.807, 2.05) is 0 Å². The molecule has 0 amide bonds. The van der Waals surface area contributed by atoms with Gasteiger partial charge in [-0.15, -0.1) is 5.10 Å². The van der Waals surface area contributed by atoms with E-state index in [4.69, 9.17) is 5.73 Å². The van der Waals surface area contributed by atoms with Gasteiger partial charge in [0.15, 0.2) is 5.82 Å². The van der Waals surface area contributed by atoms with E-state index in [2.05, 4.69) is 10.3 Å². The highest BCUT2D eigenvalue weighted by molar-refractivity contribution is 5.19.